The van der Waals surface area contributed by atoms with Crippen LogP contribution in [0.25, 0.3) is 0 Å². The van der Waals surface area contributed by atoms with Crippen molar-refractivity contribution in [3.8, 4) is 11.5 Å². The molecule has 154 valence electrons. The number of rotatable bonds is 6. The minimum atomic E-state index is -3.98. The molecule has 1 atom stereocenters. The van der Waals surface area contributed by atoms with Gasteiger partial charge in [-0.3, -0.25) is 14.3 Å². The summed E-state index contributed by atoms with van der Waals surface area (Å²) in [4.78, 5) is 23.0. The van der Waals surface area contributed by atoms with Gasteiger partial charge in [-0.25, -0.2) is 4.79 Å². The average Bonchev–Trinajstić information content (AvgIpc) is 2.72. The molecule has 9 nitrogen and oxygen atoms in total. The monoisotopic (exact) mass is 421 g/mol. The Morgan fingerprint density at radius 3 is 2.62 bits per heavy atom. The van der Waals surface area contributed by atoms with Crippen LogP contribution in [0.4, 0.5) is 10.5 Å². The Bertz CT molecular complexity index is 1020. The molecule has 1 aliphatic heterocycles. The predicted octanol–water partition coefficient (Wildman–Crippen LogP) is 2.53. The molecule has 2 aromatic carbocycles. The fourth-order valence-electron chi connectivity index (χ4n) is 2.61. The molecule has 0 bridgehead atoms. The van der Waals surface area contributed by atoms with Crippen LogP contribution in [0.1, 0.15) is 15.9 Å². The Morgan fingerprint density at radius 2 is 1.97 bits per heavy atom. The Kier molecular flexibility index (Phi) is 6.04. The summed E-state index contributed by atoms with van der Waals surface area (Å²) in [5.41, 5.74) is 1.13. The highest BCUT2D eigenvalue weighted by Gasteiger charge is 2.28. The molecule has 3 rings (SSSR count). The molecule has 0 saturated heterocycles. The van der Waals surface area contributed by atoms with Crippen LogP contribution in [0.3, 0.4) is 0 Å². The molecular weight excluding hydrogens is 402 g/mol. The van der Waals surface area contributed by atoms with Crippen molar-refractivity contribution in [3.05, 3.63) is 47.5 Å². The van der Waals surface area contributed by atoms with Gasteiger partial charge in [-0.15, -0.1) is 0 Å². The summed E-state index contributed by atoms with van der Waals surface area (Å²) in [6.07, 6.45) is -1.04. The van der Waals surface area contributed by atoms with E-state index in [0.717, 1.165) is 5.56 Å². The van der Waals surface area contributed by atoms with Crippen LogP contribution in [0.15, 0.2) is 41.3 Å². The lowest BCUT2D eigenvalue weighted by atomic mass is 10.1. The first-order valence-electron chi connectivity index (χ1n) is 8.56. The zero-order valence-electron chi connectivity index (χ0n) is 15.7. The maximum Gasteiger partial charge on any atom is 0.411 e. The van der Waals surface area contributed by atoms with E-state index in [-0.39, 0.29) is 35.1 Å². The minimum Gasteiger partial charge on any atom is -0.486 e. The van der Waals surface area contributed by atoms with E-state index < -0.39 is 22.3 Å². The van der Waals surface area contributed by atoms with E-state index in [0.29, 0.717) is 12.0 Å². The van der Waals surface area contributed by atoms with Crippen molar-refractivity contribution in [2.75, 3.05) is 25.6 Å². The first-order valence-corrected chi connectivity index (χ1v) is 9.97. The Labute approximate surface area is 167 Å². The van der Waals surface area contributed by atoms with Crippen molar-refractivity contribution in [2.45, 2.75) is 17.9 Å². The van der Waals surface area contributed by atoms with Crippen molar-refractivity contribution in [1.29, 1.82) is 0 Å². The third kappa shape index (κ3) is 4.66. The van der Waals surface area contributed by atoms with Gasteiger partial charge in [0, 0.05) is 0 Å². The fraction of sp³-hybridized carbons (Fsp3) is 0.263. The molecule has 0 aromatic heterocycles. The van der Waals surface area contributed by atoms with Crippen molar-refractivity contribution in [1.82, 2.24) is 0 Å². The number of benzene rings is 2. The number of hydrogen-bond acceptors (Lipinski definition) is 8. The highest BCUT2D eigenvalue weighted by Crippen LogP contribution is 2.38. The van der Waals surface area contributed by atoms with Gasteiger partial charge in [0.2, 0.25) is 0 Å². The van der Waals surface area contributed by atoms with Gasteiger partial charge in [0.25, 0.3) is 10.1 Å². The summed E-state index contributed by atoms with van der Waals surface area (Å²) in [6.45, 7) is 1.55. The van der Waals surface area contributed by atoms with Crippen molar-refractivity contribution in [3.63, 3.8) is 0 Å². The predicted molar refractivity (Wildman–Crippen MR) is 102 cm³/mol. The second-order valence-corrected chi connectivity index (χ2v) is 7.81. The summed E-state index contributed by atoms with van der Waals surface area (Å²) in [5, 5.41) is 2.40. The summed E-state index contributed by atoms with van der Waals surface area (Å²) in [5.74, 6) is 0.377. The van der Waals surface area contributed by atoms with Gasteiger partial charge < -0.3 is 14.2 Å². The molecule has 1 aliphatic rings. The lowest BCUT2D eigenvalue weighted by Crippen LogP contribution is -2.35. The van der Waals surface area contributed by atoms with E-state index >= 15 is 0 Å². The zero-order chi connectivity index (χ0) is 21.0. The number of anilines is 1. The first-order chi connectivity index (χ1) is 13.8. The number of methoxy groups -OCH3 is 1. The van der Waals surface area contributed by atoms with Crippen molar-refractivity contribution < 1.29 is 36.4 Å². The Hall–Kier alpha value is -3.11. The molecule has 0 fully saturated rings. The summed E-state index contributed by atoms with van der Waals surface area (Å²) in [7, 11) is -2.79. The molecule has 0 saturated carbocycles. The van der Waals surface area contributed by atoms with Gasteiger partial charge in [0.05, 0.1) is 23.3 Å². The van der Waals surface area contributed by atoms with E-state index in [1.54, 1.807) is 12.1 Å². The summed E-state index contributed by atoms with van der Waals surface area (Å²) < 4.78 is 45.5. The number of carbonyl (C=O) groups excluding carboxylic acids is 2. The van der Waals surface area contributed by atoms with E-state index in [1.165, 1.54) is 31.4 Å². The van der Waals surface area contributed by atoms with Gasteiger partial charge in [0.15, 0.2) is 23.9 Å². The second-order valence-electron chi connectivity index (χ2n) is 6.19. The van der Waals surface area contributed by atoms with Crippen LogP contribution in [-0.4, -0.2) is 47.2 Å². The normalized spacial score (nSPS) is 15.4. The maximum atomic E-state index is 12.3. The van der Waals surface area contributed by atoms with Crippen molar-refractivity contribution >= 4 is 28.2 Å². The molecule has 1 N–H and O–H groups in total. The van der Waals surface area contributed by atoms with Gasteiger partial charge in [-0.2, -0.15) is 8.42 Å². The SMILES string of the molecule is COC(=O)Nc1ccc2c(c1C=O)O[C@@H](COS(=O)(=O)c1ccc(C)cc1)CO2. The summed E-state index contributed by atoms with van der Waals surface area (Å²) in [6, 6.07) is 9.23. The topological polar surface area (TPSA) is 117 Å². The van der Waals surface area contributed by atoms with Crippen molar-refractivity contribution in [2.24, 2.45) is 0 Å². The number of ether oxygens (including phenoxy) is 3. The molecule has 0 unspecified atom stereocenters. The number of hydrogen-bond donors (Lipinski definition) is 1. The number of aldehydes is 1. The first kappa shape index (κ1) is 20.6. The molecule has 0 spiro atoms. The van der Waals surface area contributed by atoms with Gasteiger partial charge >= 0.3 is 6.09 Å². The third-order valence-electron chi connectivity index (χ3n) is 4.13. The smallest absolute Gasteiger partial charge is 0.411 e. The largest absolute Gasteiger partial charge is 0.486 e. The quantitative estimate of drug-likeness (QED) is 0.559. The molecular formula is C19H19NO8S. The standard InChI is InChI=1S/C19H19NO8S/c1-12-3-5-14(6-4-12)29(23,24)27-11-13-10-26-17-8-7-16(20-19(22)25-2)15(9-21)18(17)28-13/h3-9,13H,10-11H2,1-2H3,(H,20,22)/t13-/m1/s1. The lowest BCUT2D eigenvalue weighted by Gasteiger charge is -2.27. The molecule has 2 aromatic rings. The van der Waals surface area contributed by atoms with Crippen LogP contribution in [-0.2, 0) is 19.0 Å². The second kappa shape index (κ2) is 8.50. The molecule has 29 heavy (non-hydrogen) atoms. The van der Waals surface area contributed by atoms with Gasteiger partial charge in [-0.05, 0) is 31.2 Å². The van der Waals surface area contributed by atoms with Crippen LogP contribution in [0, 0.1) is 6.92 Å². The maximum absolute atomic E-state index is 12.3. The zero-order valence-corrected chi connectivity index (χ0v) is 16.5. The number of carbonyl (C=O) groups is 2. The fourth-order valence-corrected chi connectivity index (χ4v) is 3.54. The molecule has 0 aliphatic carbocycles. The van der Waals surface area contributed by atoms with E-state index in [1.807, 2.05) is 6.92 Å². The van der Waals surface area contributed by atoms with E-state index in [4.69, 9.17) is 13.7 Å². The highest BCUT2D eigenvalue weighted by atomic mass is 32.2. The molecule has 1 heterocycles. The molecule has 1 amide bonds. The molecule has 10 heteroatoms. The van der Waals surface area contributed by atoms with Gasteiger partial charge in [0.1, 0.15) is 13.2 Å². The van der Waals surface area contributed by atoms with Crippen LogP contribution >= 0.6 is 0 Å². The highest BCUT2D eigenvalue weighted by molar-refractivity contribution is 7.86. The van der Waals surface area contributed by atoms with Crippen LogP contribution in [0.5, 0.6) is 11.5 Å². The third-order valence-corrected chi connectivity index (χ3v) is 5.42. The Morgan fingerprint density at radius 1 is 1.24 bits per heavy atom. The number of fused-ring (bicyclic) bond motifs is 1. The van der Waals surface area contributed by atoms with Crippen LogP contribution < -0.4 is 14.8 Å². The van der Waals surface area contributed by atoms with E-state index in [2.05, 4.69) is 10.1 Å². The van der Waals surface area contributed by atoms with Gasteiger partial charge in [-0.1, -0.05) is 17.7 Å². The van der Waals surface area contributed by atoms with Crippen LogP contribution in [0.2, 0.25) is 0 Å². The number of amides is 1. The lowest BCUT2D eigenvalue weighted by molar-refractivity contribution is 0.0545. The Balaban J connectivity index is 1.74. The number of nitrogens with one attached hydrogen (secondary N) is 1. The average molecular weight is 421 g/mol. The number of aryl methyl sites for hydroxylation is 1. The van der Waals surface area contributed by atoms with E-state index in [9.17, 15) is 18.0 Å². The summed E-state index contributed by atoms with van der Waals surface area (Å²) >= 11 is 0. The molecule has 0 radical (unpaired) electrons. The minimum absolute atomic E-state index is 0.0263.